The SMILES string of the molecule is C[C@@H]1Cc2c([nH]c3ccccc23)[C@@H](c2c(F)cc(N3CC(C(=O)N4CC(CN5Cc6cc(C=O)c(C(=O)N(C)C7CCC(=O)NC7=O)cc6C5)C4)C3)cc2F)N1CC(F)F. The Balaban J connectivity index is 0.806. The Morgan fingerprint density at radius 2 is 1.68 bits per heavy atom. The molecule has 0 aliphatic carbocycles. The molecule has 2 N–H and O–H groups in total. The fourth-order valence-corrected chi connectivity index (χ4v) is 9.95. The minimum absolute atomic E-state index is 0.0196. The zero-order chi connectivity index (χ0) is 42.1. The lowest BCUT2D eigenvalue weighted by Crippen LogP contribution is -2.60. The summed E-state index contributed by atoms with van der Waals surface area (Å²) in [5, 5.41) is 3.17. The second kappa shape index (κ2) is 15.4. The molecule has 0 spiro atoms. The summed E-state index contributed by atoms with van der Waals surface area (Å²) in [6, 6.07) is 11.1. The van der Waals surface area contributed by atoms with Crippen molar-refractivity contribution in [3.8, 4) is 0 Å². The van der Waals surface area contributed by atoms with Crippen molar-refractivity contribution in [2.75, 3.05) is 51.2 Å². The number of amides is 4. The number of halogens is 4. The number of benzene rings is 3. The van der Waals surface area contributed by atoms with Crippen molar-refractivity contribution in [2.45, 2.75) is 63.8 Å². The number of imide groups is 1. The van der Waals surface area contributed by atoms with E-state index in [0.717, 1.165) is 27.6 Å². The number of alkyl halides is 2. The topological polar surface area (TPSA) is 129 Å². The number of fused-ring (bicyclic) bond motifs is 4. The third kappa shape index (κ3) is 7.02. The van der Waals surface area contributed by atoms with E-state index in [9.17, 15) is 32.8 Å². The van der Waals surface area contributed by atoms with Gasteiger partial charge in [-0.2, -0.15) is 0 Å². The van der Waals surface area contributed by atoms with E-state index in [2.05, 4.69) is 15.2 Å². The van der Waals surface area contributed by atoms with Gasteiger partial charge in [-0.15, -0.1) is 0 Å². The molecule has 0 saturated carbocycles. The molecule has 3 aromatic carbocycles. The van der Waals surface area contributed by atoms with Gasteiger partial charge in [0.05, 0.1) is 24.1 Å². The fraction of sp³-hybridized carbons (Fsp3) is 0.432. The van der Waals surface area contributed by atoms with Gasteiger partial charge in [-0.25, -0.2) is 17.6 Å². The lowest BCUT2D eigenvalue weighted by atomic mass is 9.87. The molecule has 314 valence electrons. The van der Waals surface area contributed by atoms with Gasteiger partial charge < -0.3 is 19.7 Å². The van der Waals surface area contributed by atoms with E-state index in [4.69, 9.17) is 0 Å². The third-order valence-electron chi connectivity index (χ3n) is 13.1. The van der Waals surface area contributed by atoms with Gasteiger partial charge in [-0.05, 0) is 66.8 Å². The van der Waals surface area contributed by atoms with E-state index in [-0.39, 0.29) is 53.2 Å². The van der Waals surface area contributed by atoms with Crippen LogP contribution in [0.2, 0.25) is 0 Å². The van der Waals surface area contributed by atoms with Crippen molar-refractivity contribution < 1.29 is 41.5 Å². The van der Waals surface area contributed by atoms with Crippen LogP contribution < -0.4 is 10.2 Å². The van der Waals surface area contributed by atoms with Gasteiger partial charge in [0.2, 0.25) is 17.7 Å². The molecular weight excluding hydrogens is 783 g/mol. The first kappa shape index (κ1) is 39.8. The van der Waals surface area contributed by atoms with Crippen molar-refractivity contribution in [1.29, 1.82) is 0 Å². The van der Waals surface area contributed by atoms with Crippen molar-refractivity contribution >= 4 is 46.5 Å². The van der Waals surface area contributed by atoms with Gasteiger partial charge in [0.15, 0.2) is 6.29 Å². The Bertz CT molecular complexity index is 2410. The second-order valence-electron chi connectivity index (χ2n) is 17.0. The zero-order valence-electron chi connectivity index (χ0n) is 33.2. The van der Waals surface area contributed by atoms with Crippen molar-refractivity contribution in [3.63, 3.8) is 0 Å². The Hall–Kier alpha value is -5.61. The summed E-state index contributed by atoms with van der Waals surface area (Å²) in [7, 11) is 1.49. The number of nitrogens with zero attached hydrogens (tertiary/aromatic N) is 5. The molecule has 4 aromatic rings. The van der Waals surface area contributed by atoms with Crippen LogP contribution in [0.4, 0.5) is 23.2 Å². The first-order chi connectivity index (χ1) is 28.8. The van der Waals surface area contributed by atoms with E-state index in [0.29, 0.717) is 69.9 Å². The van der Waals surface area contributed by atoms with Gasteiger partial charge in [0, 0.05) is 105 Å². The molecule has 1 aromatic heterocycles. The molecule has 60 heavy (non-hydrogen) atoms. The highest BCUT2D eigenvalue weighted by Gasteiger charge is 2.43. The molecule has 3 saturated heterocycles. The van der Waals surface area contributed by atoms with Gasteiger partial charge in [-0.1, -0.05) is 18.2 Å². The van der Waals surface area contributed by atoms with Crippen LogP contribution >= 0.6 is 0 Å². The summed E-state index contributed by atoms with van der Waals surface area (Å²) in [5.74, 6) is -3.20. The average Bonchev–Trinajstić information content (AvgIpc) is 3.75. The number of likely N-dealkylation sites (tertiary alicyclic amines) is 1. The Morgan fingerprint density at radius 1 is 0.983 bits per heavy atom. The van der Waals surface area contributed by atoms with E-state index >= 15 is 8.78 Å². The van der Waals surface area contributed by atoms with Gasteiger partial charge >= 0.3 is 0 Å². The highest BCUT2D eigenvalue weighted by molar-refractivity contribution is 6.06. The van der Waals surface area contributed by atoms with Crippen molar-refractivity contribution in [3.05, 3.63) is 99.2 Å². The molecule has 5 aliphatic rings. The summed E-state index contributed by atoms with van der Waals surface area (Å²) < 4.78 is 60.0. The maximum atomic E-state index is 16.1. The largest absolute Gasteiger partial charge is 0.370 e. The lowest BCUT2D eigenvalue weighted by molar-refractivity contribution is -0.143. The number of anilines is 1. The van der Waals surface area contributed by atoms with E-state index in [1.165, 1.54) is 29.0 Å². The summed E-state index contributed by atoms with van der Waals surface area (Å²) in [6.07, 6.45) is -1.28. The minimum Gasteiger partial charge on any atom is -0.370 e. The van der Waals surface area contributed by atoms with Crippen LogP contribution in [-0.4, -0.2) is 119 Å². The molecule has 6 heterocycles. The Kier molecular flexibility index (Phi) is 10.3. The summed E-state index contributed by atoms with van der Waals surface area (Å²) in [6.45, 7) is 4.70. The number of hydrogen-bond donors (Lipinski definition) is 2. The number of carbonyl (C=O) groups excluding carboxylic acids is 5. The quantitative estimate of drug-likeness (QED) is 0.135. The molecule has 3 atom stereocenters. The van der Waals surface area contributed by atoms with Crippen molar-refractivity contribution in [1.82, 2.24) is 29.9 Å². The number of H-pyrrole nitrogens is 1. The van der Waals surface area contributed by atoms with Crippen LogP contribution in [0, 0.1) is 23.5 Å². The van der Waals surface area contributed by atoms with Crippen LogP contribution in [0.15, 0.2) is 48.5 Å². The van der Waals surface area contributed by atoms with E-state index in [1.807, 2.05) is 24.3 Å². The highest BCUT2D eigenvalue weighted by atomic mass is 19.3. The number of aldehydes is 1. The molecule has 9 rings (SSSR count). The predicted molar refractivity (Wildman–Crippen MR) is 212 cm³/mol. The number of carbonyl (C=O) groups is 5. The van der Waals surface area contributed by atoms with Crippen LogP contribution in [0.1, 0.15) is 74.5 Å². The third-order valence-corrected chi connectivity index (χ3v) is 13.1. The van der Waals surface area contributed by atoms with Crippen LogP contribution in [0.25, 0.3) is 10.9 Å². The molecule has 5 aliphatic heterocycles. The minimum atomic E-state index is -2.70. The first-order valence-corrected chi connectivity index (χ1v) is 20.4. The van der Waals surface area contributed by atoms with Crippen molar-refractivity contribution in [2.24, 2.45) is 11.8 Å². The normalized spacial score (nSPS) is 22.4. The zero-order valence-corrected chi connectivity index (χ0v) is 33.2. The number of aromatic nitrogens is 1. The van der Waals surface area contributed by atoms with E-state index in [1.54, 1.807) is 28.9 Å². The summed E-state index contributed by atoms with van der Waals surface area (Å²) in [4.78, 5) is 74.7. The number of aromatic amines is 1. The Labute approximate surface area is 343 Å². The Morgan fingerprint density at radius 3 is 2.37 bits per heavy atom. The lowest BCUT2D eigenvalue weighted by Gasteiger charge is -2.47. The maximum Gasteiger partial charge on any atom is 0.255 e. The number of nitrogens with one attached hydrogen (secondary N) is 2. The van der Waals surface area contributed by atoms with Gasteiger partial charge in [0.25, 0.3) is 12.3 Å². The standard InChI is InChI=1S/C44H45F4N7O5/c1-23-9-32-30-5-3-4-6-35(30)49-40(32)41(55(23)21-37(47)48)39-33(45)12-29(13-34(39)46)53-19-28(20-53)43(59)54-15-24(16-54)14-52-17-25-10-27(22-56)31(11-26(25)18-52)44(60)51(2)36-7-8-38(57)50-42(36)58/h3-6,10-13,22-24,28,36-37,41,49H,7-9,14-21H2,1-2H3,(H,50,57,58)/t23-,36?,41-/m1/s1. The predicted octanol–water partition coefficient (Wildman–Crippen LogP) is 4.65. The molecule has 0 bridgehead atoms. The van der Waals surface area contributed by atoms with Crippen LogP contribution in [0.5, 0.6) is 0 Å². The van der Waals surface area contributed by atoms with Gasteiger partial charge in [0.1, 0.15) is 17.7 Å². The number of piperidine rings is 1. The molecule has 0 radical (unpaired) electrons. The monoisotopic (exact) mass is 827 g/mol. The first-order valence-electron chi connectivity index (χ1n) is 20.4. The summed E-state index contributed by atoms with van der Waals surface area (Å²) >= 11 is 0. The second-order valence-corrected chi connectivity index (χ2v) is 17.0. The number of likely N-dealkylation sites (N-methyl/N-ethyl adjacent to an activating group) is 1. The molecule has 16 heteroatoms. The molecule has 4 amide bonds. The fourth-order valence-electron chi connectivity index (χ4n) is 9.95. The number of para-hydroxylation sites is 1. The van der Waals surface area contributed by atoms with Crippen LogP contribution in [0.3, 0.4) is 0 Å². The smallest absolute Gasteiger partial charge is 0.255 e. The molecule has 12 nitrogen and oxygen atoms in total. The maximum absolute atomic E-state index is 16.1. The summed E-state index contributed by atoms with van der Waals surface area (Å²) in [5.41, 5.74) is 4.44. The molecular formula is C44H45F4N7O5. The average molecular weight is 828 g/mol. The van der Waals surface area contributed by atoms with Gasteiger partial charge in [-0.3, -0.25) is 39.1 Å². The van der Waals surface area contributed by atoms with Crippen LogP contribution in [-0.2, 0) is 33.9 Å². The molecule has 1 unspecified atom stereocenters. The highest BCUT2D eigenvalue weighted by Crippen LogP contribution is 2.44. The molecule has 3 fully saturated rings. The number of hydrogen-bond acceptors (Lipinski definition) is 8. The van der Waals surface area contributed by atoms with E-state index < -0.39 is 54.5 Å². The number of rotatable bonds is 10.